The predicted octanol–water partition coefficient (Wildman–Crippen LogP) is 2.62. The van der Waals surface area contributed by atoms with Gasteiger partial charge in [0.15, 0.2) is 5.78 Å². The molecule has 0 saturated heterocycles. The fourth-order valence-corrected chi connectivity index (χ4v) is 1.94. The first kappa shape index (κ1) is 9.31. The van der Waals surface area contributed by atoms with E-state index in [1.807, 2.05) is 0 Å². The van der Waals surface area contributed by atoms with Crippen molar-refractivity contribution in [2.75, 3.05) is 0 Å². The summed E-state index contributed by atoms with van der Waals surface area (Å²) in [5, 5.41) is 0. The lowest BCUT2D eigenvalue weighted by atomic mass is 10.0. The maximum absolute atomic E-state index is 13.1. The molecule has 1 nitrogen and oxygen atoms in total. The van der Waals surface area contributed by atoms with Crippen LogP contribution in [0.15, 0.2) is 18.2 Å². The predicted molar refractivity (Wildman–Crippen MR) is 48.8 cm³/mol. The molecule has 3 heteroatoms. The van der Waals surface area contributed by atoms with Gasteiger partial charge in [-0.15, -0.1) is 0 Å². The standard InChI is InChI=1S/C11H10F2O/c1-7(14)9-4-2-3-8-5-11(12,13)6-10(8)9/h2-4H,5-6H2,1H3. The normalized spacial score (nSPS) is 17.9. The molecule has 0 radical (unpaired) electrons. The van der Waals surface area contributed by atoms with Crippen LogP contribution in [0, 0.1) is 0 Å². The number of halogens is 2. The molecule has 0 aromatic heterocycles. The van der Waals surface area contributed by atoms with Crippen LogP contribution in [-0.4, -0.2) is 11.7 Å². The highest BCUT2D eigenvalue weighted by Crippen LogP contribution is 2.36. The average Bonchev–Trinajstić information content (AvgIpc) is 2.36. The Hall–Kier alpha value is -1.25. The van der Waals surface area contributed by atoms with Gasteiger partial charge in [0.05, 0.1) is 0 Å². The van der Waals surface area contributed by atoms with Crippen LogP contribution in [0.2, 0.25) is 0 Å². The van der Waals surface area contributed by atoms with Gasteiger partial charge in [-0.2, -0.15) is 0 Å². The second kappa shape index (κ2) is 2.87. The van der Waals surface area contributed by atoms with Gasteiger partial charge in [0.25, 0.3) is 5.92 Å². The molecular weight excluding hydrogens is 186 g/mol. The molecular formula is C11H10F2O. The molecule has 0 amide bonds. The van der Waals surface area contributed by atoms with E-state index in [4.69, 9.17) is 0 Å². The molecule has 1 aromatic carbocycles. The zero-order chi connectivity index (χ0) is 10.3. The Morgan fingerprint density at radius 2 is 2.07 bits per heavy atom. The lowest BCUT2D eigenvalue weighted by Gasteiger charge is -2.05. The molecule has 0 saturated carbocycles. The molecule has 0 N–H and O–H groups in total. The molecule has 0 aliphatic heterocycles. The number of rotatable bonds is 1. The van der Waals surface area contributed by atoms with Gasteiger partial charge in [-0.3, -0.25) is 4.79 Å². The second-order valence-corrected chi connectivity index (χ2v) is 3.71. The highest BCUT2D eigenvalue weighted by molar-refractivity contribution is 5.96. The van der Waals surface area contributed by atoms with Gasteiger partial charge in [-0.25, -0.2) is 8.78 Å². The van der Waals surface area contributed by atoms with Crippen LogP contribution in [0.4, 0.5) is 8.78 Å². The highest BCUT2D eigenvalue weighted by Gasteiger charge is 2.38. The molecule has 0 heterocycles. The summed E-state index contributed by atoms with van der Waals surface area (Å²) in [6.07, 6.45) is -0.526. The quantitative estimate of drug-likeness (QED) is 0.631. The second-order valence-electron chi connectivity index (χ2n) is 3.71. The molecule has 74 valence electrons. The number of hydrogen-bond donors (Lipinski definition) is 0. The van der Waals surface area contributed by atoms with Crippen molar-refractivity contribution in [3.63, 3.8) is 0 Å². The molecule has 0 unspecified atom stereocenters. The summed E-state index contributed by atoms with van der Waals surface area (Å²) in [4.78, 5) is 11.2. The molecule has 2 rings (SSSR count). The van der Waals surface area contributed by atoms with Crippen LogP contribution in [0.1, 0.15) is 28.4 Å². The van der Waals surface area contributed by atoms with Crippen LogP contribution >= 0.6 is 0 Å². The van der Waals surface area contributed by atoms with Crippen LogP contribution in [-0.2, 0) is 12.8 Å². The van der Waals surface area contributed by atoms with Crippen molar-refractivity contribution >= 4 is 5.78 Å². The van der Waals surface area contributed by atoms with Crippen LogP contribution in [0.3, 0.4) is 0 Å². The van der Waals surface area contributed by atoms with E-state index in [9.17, 15) is 13.6 Å². The van der Waals surface area contributed by atoms with E-state index in [1.165, 1.54) is 6.92 Å². The minimum absolute atomic E-state index is 0.139. The Morgan fingerprint density at radius 1 is 1.36 bits per heavy atom. The smallest absolute Gasteiger partial charge is 0.256 e. The number of benzene rings is 1. The van der Waals surface area contributed by atoms with E-state index >= 15 is 0 Å². The van der Waals surface area contributed by atoms with E-state index < -0.39 is 5.92 Å². The van der Waals surface area contributed by atoms with E-state index in [0.717, 1.165) is 0 Å². The van der Waals surface area contributed by atoms with Crippen molar-refractivity contribution in [3.8, 4) is 0 Å². The first-order valence-corrected chi connectivity index (χ1v) is 4.49. The van der Waals surface area contributed by atoms with Crippen molar-refractivity contribution in [1.82, 2.24) is 0 Å². The monoisotopic (exact) mass is 196 g/mol. The Morgan fingerprint density at radius 3 is 2.71 bits per heavy atom. The van der Waals surface area contributed by atoms with Crippen molar-refractivity contribution in [3.05, 3.63) is 34.9 Å². The fraction of sp³-hybridized carbons (Fsp3) is 0.364. The number of carbonyl (C=O) groups is 1. The molecule has 0 spiro atoms. The van der Waals surface area contributed by atoms with Crippen LogP contribution in [0.5, 0.6) is 0 Å². The minimum atomic E-state index is -2.67. The summed E-state index contributed by atoms with van der Waals surface area (Å²) < 4.78 is 26.1. The zero-order valence-electron chi connectivity index (χ0n) is 7.81. The van der Waals surface area contributed by atoms with Gasteiger partial charge >= 0.3 is 0 Å². The number of hydrogen-bond acceptors (Lipinski definition) is 1. The number of Topliss-reactive ketones (excluding diaryl/α,β-unsaturated/α-hetero) is 1. The fourth-order valence-electron chi connectivity index (χ4n) is 1.94. The van der Waals surface area contributed by atoms with Crippen molar-refractivity contribution in [2.45, 2.75) is 25.7 Å². The zero-order valence-corrected chi connectivity index (χ0v) is 7.81. The topological polar surface area (TPSA) is 17.1 Å². The van der Waals surface area contributed by atoms with Gasteiger partial charge in [0.2, 0.25) is 0 Å². The highest BCUT2D eigenvalue weighted by atomic mass is 19.3. The van der Waals surface area contributed by atoms with Gasteiger partial charge in [-0.05, 0) is 18.1 Å². The van der Waals surface area contributed by atoms with Gasteiger partial charge in [0, 0.05) is 18.4 Å². The first-order valence-electron chi connectivity index (χ1n) is 4.49. The van der Waals surface area contributed by atoms with E-state index in [1.54, 1.807) is 18.2 Å². The third-order valence-electron chi connectivity index (χ3n) is 2.54. The third-order valence-corrected chi connectivity index (χ3v) is 2.54. The minimum Gasteiger partial charge on any atom is -0.295 e. The van der Waals surface area contributed by atoms with Gasteiger partial charge in [-0.1, -0.05) is 18.2 Å². The summed E-state index contributed by atoms with van der Waals surface area (Å²) in [6.45, 7) is 1.41. The summed E-state index contributed by atoms with van der Waals surface area (Å²) in [5.74, 6) is -2.81. The summed E-state index contributed by atoms with van der Waals surface area (Å²) in [7, 11) is 0. The maximum atomic E-state index is 13.1. The Labute approximate surface area is 80.7 Å². The summed E-state index contributed by atoms with van der Waals surface area (Å²) in [5.41, 5.74) is 1.59. The third kappa shape index (κ3) is 1.43. The number of carbonyl (C=O) groups excluding carboxylic acids is 1. The van der Waals surface area contributed by atoms with E-state index in [0.29, 0.717) is 16.7 Å². The largest absolute Gasteiger partial charge is 0.295 e. The van der Waals surface area contributed by atoms with Gasteiger partial charge < -0.3 is 0 Å². The van der Waals surface area contributed by atoms with Crippen molar-refractivity contribution < 1.29 is 13.6 Å². The number of ketones is 1. The van der Waals surface area contributed by atoms with Crippen LogP contribution < -0.4 is 0 Å². The van der Waals surface area contributed by atoms with E-state index in [-0.39, 0.29) is 18.6 Å². The SMILES string of the molecule is CC(=O)c1cccc2c1CC(F)(F)C2. The maximum Gasteiger partial charge on any atom is 0.256 e. The number of alkyl halides is 2. The molecule has 0 atom stereocenters. The summed E-state index contributed by atoms with van der Waals surface area (Å²) in [6, 6.07) is 4.95. The molecule has 1 aromatic rings. The first-order chi connectivity index (χ1) is 6.49. The molecule has 0 fully saturated rings. The van der Waals surface area contributed by atoms with Crippen LogP contribution in [0.25, 0.3) is 0 Å². The lowest BCUT2D eigenvalue weighted by Crippen LogP contribution is -2.15. The Bertz CT molecular complexity index is 396. The van der Waals surface area contributed by atoms with Crippen molar-refractivity contribution in [1.29, 1.82) is 0 Å². The lowest BCUT2D eigenvalue weighted by molar-refractivity contribution is 0.0130. The summed E-state index contributed by atoms with van der Waals surface area (Å²) >= 11 is 0. The average molecular weight is 196 g/mol. The molecule has 1 aliphatic rings. The van der Waals surface area contributed by atoms with E-state index in [2.05, 4.69) is 0 Å². The Kier molecular flexibility index (Phi) is 1.91. The molecule has 14 heavy (non-hydrogen) atoms. The Balaban J connectivity index is 2.52. The molecule has 0 bridgehead atoms. The number of fused-ring (bicyclic) bond motifs is 1. The molecule has 1 aliphatic carbocycles. The van der Waals surface area contributed by atoms with Crippen molar-refractivity contribution in [2.24, 2.45) is 0 Å². The van der Waals surface area contributed by atoms with Gasteiger partial charge in [0.1, 0.15) is 0 Å².